The van der Waals surface area contributed by atoms with Crippen LogP contribution in [0.25, 0.3) is 11.0 Å². The first kappa shape index (κ1) is 22.5. The Bertz CT molecular complexity index is 1400. The van der Waals surface area contributed by atoms with Crippen molar-refractivity contribution < 1.29 is 13.9 Å². The van der Waals surface area contributed by atoms with Gasteiger partial charge in [0.2, 0.25) is 0 Å². The summed E-state index contributed by atoms with van der Waals surface area (Å²) in [6.07, 6.45) is 3.10. The molecule has 0 fully saturated rings. The van der Waals surface area contributed by atoms with Gasteiger partial charge in [0.1, 0.15) is 5.58 Å². The normalized spacial score (nSPS) is 13.8. The Balaban J connectivity index is 1.40. The van der Waals surface area contributed by atoms with Gasteiger partial charge in [-0.15, -0.1) is 11.3 Å². The number of rotatable bonds is 7. The molecular formula is C25H26N4O4S. The zero-order chi connectivity index (χ0) is 23.7. The number of carbonyl (C=O) groups excluding carboxylic acids is 1. The third kappa shape index (κ3) is 4.28. The monoisotopic (exact) mass is 478 g/mol. The van der Waals surface area contributed by atoms with Crippen LogP contribution in [0.3, 0.4) is 0 Å². The second kappa shape index (κ2) is 9.52. The highest BCUT2D eigenvalue weighted by atomic mass is 32.1. The highest BCUT2D eigenvalue weighted by molar-refractivity contribution is 7.09. The van der Waals surface area contributed by atoms with Crippen LogP contribution in [-0.2, 0) is 37.2 Å². The molecule has 4 heterocycles. The van der Waals surface area contributed by atoms with E-state index in [0.29, 0.717) is 48.5 Å². The van der Waals surface area contributed by atoms with Gasteiger partial charge < -0.3 is 9.15 Å². The largest absolute Gasteiger partial charge is 0.464 e. The summed E-state index contributed by atoms with van der Waals surface area (Å²) < 4.78 is 12.9. The van der Waals surface area contributed by atoms with Gasteiger partial charge in [0.05, 0.1) is 29.5 Å². The third-order valence-corrected chi connectivity index (χ3v) is 7.22. The highest BCUT2D eigenvalue weighted by Crippen LogP contribution is 2.26. The van der Waals surface area contributed by atoms with Crippen LogP contribution < -0.4 is 5.43 Å². The van der Waals surface area contributed by atoms with E-state index < -0.39 is 5.97 Å². The average molecular weight is 479 g/mol. The minimum Gasteiger partial charge on any atom is -0.464 e. The van der Waals surface area contributed by atoms with Crippen molar-refractivity contribution in [3.8, 4) is 0 Å². The van der Waals surface area contributed by atoms with Crippen molar-refractivity contribution >= 4 is 28.3 Å². The number of nitrogens with zero attached hydrogens (tertiary/aromatic N) is 4. The van der Waals surface area contributed by atoms with Crippen molar-refractivity contribution in [2.45, 2.75) is 46.3 Å². The number of hydrogen-bond acceptors (Lipinski definition) is 8. The van der Waals surface area contributed by atoms with E-state index in [1.165, 1.54) is 4.88 Å². The Morgan fingerprint density at radius 2 is 2.15 bits per heavy atom. The van der Waals surface area contributed by atoms with Crippen molar-refractivity contribution in [3.05, 3.63) is 79.3 Å². The molecule has 0 atom stereocenters. The Kier molecular flexibility index (Phi) is 6.30. The minimum atomic E-state index is -0.404. The lowest BCUT2D eigenvalue weighted by atomic mass is 10.0. The van der Waals surface area contributed by atoms with Crippen LogP contribution >= 0.6 is 11.3 Å². The van der Waals surface area contributed by atoms with Gasteiger partial charge in [-0.25, -0.2) is 9.78 Å². The lowest BCUT2D eigenvalue weighted by molar-refractivity contribution is 0.0515. The van der Waals surface area contributed by atoms with Crippen LogP contribution in [-0.4, -0.2) is 38.8 Å². The molecule has 1 aromatic carbocycles. The Hall–Kier alpha value is -3.30. The number of hydrogen-bond donors (Lipinski definition) is 0. The van der Waals surface area contributed by atoms with E-state index in [0.717, 1.165) is 36.3 Å². The number of para-hydroxylation sites is 1. The summed E-state index contributed by atoms with van der Waals surface area (Å²) >= 11 is 1.64. The quantitative estimate of drug-likeness (QED) is 0.374. The summed E-state index contributed by atoms with van der Waals surface area (Å²) in [6, 6.07) is 7.26. The Morgan fingerprint density at radius 1 is 1.29 bits per heavy atom. The van der Waals surface area contributed by atoms with Crippen LogP contribution in [0.5, 0.6) is 0 Å². The van der Waals surface area contributed by atoms with E-state index in [1.54, 1.807) is 36.7 Å². The minimum absolute atomic E-state index is 0.0196. The first-order valence-corrected chi connectivity index (χ1v) is 12.3. The number of aromatic nitrogens is 3. The molecule has 0 N–H and O–H groups in total. The molecule has 34 heavy (non-hydrogen) atoms. The maximum atomic E-state index is 13.0. The molecule has 0 saturated carbocycles. The van der Waals surface area contributed by atoms with Gasteiger partial charge in [-0.3, -0.25) is 14.4 Å². The fourth-order valence-electron chi connectivity index (χ4n) is 4.47. The first-order valence-electron chi connectivity index (χ1n) is 11.4. The molecule has 0 radical (unpaired) electrons. The van der Waals surface area contributed by atoms with Crippen LogP contribution in [0.2, 0.25) is 0 Å². The summed E-state index contributed by atoms with van der Waals surface area (Å²) in [6.45, 7) is 6.50. The molecule has 8 nitrogen and oxygen atoms in total. The molecule has 4 aromatic rings. The lowest BCUT2D eigenvalue weighted by Crippen LogP contribution is -2.33. The second-order valence-electron chi connectivity index (χ2n) is 8.38. The Morgan fingerprint density at radius 3 is 2.94 bits per heavy atom. The fraction of sp³-hybridized carbons (Fsp3) is 0.360. The van der Waals surface area contributed by atoms with Gasteiger partial charge in [0, 0.05) is 60.7 Å². The van der Waals surface area contributed by atoms with Crippen molar-refractivity contribution in [2.75, 3.05) is 13.2 Å². The fourth-order valence-corrected chi connectivity index (χ4v) is 5.24. The average Bonchev–Trinajstić information content (AvgIpc) is 3.42. The number of aryl methyl sites for hydroxylation is 3. The number of thiazole rings is 1. The van der Waals surface area contributed by atoms with Gasteiger partial charge in [-0.05, 0) is 26.0 Å². The molecule has 0 bridgehead atoms. The predicted molar refractivity (Wildman–Crippen MR) is 129 cm³/mol. The van der Waals surface area contributed by atoms with Crippen molar-refractivity contribution in [2.24, 2.45) is 0 Å². The topological polar surface area (TPSA) is 90.5 Å². The van der Waals surface area contributed by atoms with E-state index in [4.69, 9.17) is 9.15 Å². The SMILES string of the molecule is CCOC(=O)c1nn(CCc2scnc2C)c2c1CN(Cc1coc3ccccc3c1=O)CC2. The number of fused-ring (bicyclic) bond motifs is 2. The van der Waals surface area contributed by atoms with E-state index in [-0.39, 0.29) is 5.43 Å². The molecule has 3 aromatic heterocycles. The maximum Gasteiger partial charge on any atom is 0.359 e. The summed E-state index contributed by atoms with van der Waals surface area (Å²) in [7, 11) is 0. The smallest absolute Gasteiger partial charge is 0.359 e. The van der Waals surface area contributed by atoms with Crippen LogP contribution in [0.4, 0.5) is 0 Å². The van der Waals surface area contributed by atoms with Crippen LogP contribution in [0.15, 0.2) is 45.3 Å². The van der Waals surface area contributed by atoms with Gasteiger partial charge in [0.15, 0.2) is 11.1 Å². The molecule has 0 aliphatic carbocycles. The molecule has 0 unspecified atom stereocenters. The first-order chi connectivity index (χ1) is 16.5. The van der Waals surface area contributed by atoms with E-state index in [9.17, 15) is 9.59 Å². The van der Waals surface area contributed by atoms with Gasteiger partial charge in [-0.2, -0.15) is 5.10 Å². The van der Waals surface area contributed by atoms with E-state index in [2.05, 4.69) is 15.0 Å². The molecule has 1 aliphatic heterocycles. The molecule has 0 amide bonds. The maximum absolute atomic E-state index is 13.0. The zero-order valence-electron chi connectivity index (χ0n) is 19.2. The Labute approximate surface area is 200 Å². The summed E-state index contributed by atoms with van der Waals surface area (Å²) in [5.74, 6) is -0.404. The molecular weight excluding hydrogens is 452 g/mol. The summed E-state index contributed by atoms with van der Waals surface area (Å²) in [5.41, 5.74) is 6.38. The molecule has 9 heteroatoms. The second-order valence-corrected chi connectivity index (χ2v) is 9.31. The number of benzene rings is 1. The van der Waals surface area contributed by atoms with Crippen LogP contribution in [0.1, 0.15) is 44.8 Å². The van der Waals surface area contributed by atoms with Gasteiger partial charge in [-0.1, -0.05) is 12.1 Å². The molecule has 5 rings (SSSR count). The van der Waals surface area contributed by atoms with E-state index >= 15 is 0 Å². The molecule has 0 spiro atoms. The summed E-state index contributed by atoms with van der Waals surface area (Å²) in [5, 5.41) is 5.24. The molecule has 0 saturated heterocycles. The van der Waals surface area contributed by atoms with Crippen LogP contribution in [0, 0.1) is 6.92 Å². The van der Waals surface area contributed by atoms with Crippen molar-refractivity contribution in [1.82, 2.24) is 19.7 Å². The summed E-state index contributed by atoms with van der Waals surface area (Å²) in [4.78, 5) is 33.4. The van der Waals surface area contributed by atoms with Gasteiger partial charge in [0.25, 0.3) is 0 Å². The van der Waals surface area contributed by atoms with E-state index in [1.807, 2.05) is 29.2 Å². The number of ether oxygens (including phenoxy) is 1. The van der Waals surface area contributed by atoms with Gasteiger partial charge >= 0.3 is 5.97 Å². The number of esters is 1. The number of carbonyl (C=O) groups is 1. The highest BCUT2D eigenvalue weighted by Gasteiger charge is 2.29. The zero-order valence-corrected chi connectivity index (χ0v) is 20.1. The third-order valence-electron chi connectivity index (χ3n) is 6.22. The molecule has 1 aliphatic rings. The standard InChI is InChI=1S/C25H26N4O4S/c1-3-32-25(31)23-19-13-28(12-17-14-33-21-7-5-4-6-18(21)24(17)30)10-8-20(19)29(27-23)11-9-22-16(2)26-15-34-22/h4-7,14-15H,3,8-13H2,1-2H3. The lowest BCUT2D eigenvalue weighted by Gasteiger charge is -2.27. The van der Waals surface area contributed by atoms with Crippen molar-refractivity contribution in [3.63, 3.8) is 0 Å². The van der Waals surface area contributed by atoms with Crippen molar-refractivity contribution in [1.29, 1.82) is 0 Å². The molecule has 176 valence electrons. The predicted octanol–water partition coefficient (Wildman–Crippen LogP) is 3.73.